The first kappa shape index (κ1) is 16.8. The summed E-state index contributed by atoms with van der Waals surface area (Å²) in [6.45, 7) is 5.80. The van der Waals surface area contributed by atoms with Crippen LogP contribution in [0, 0.1) is 6.92 Å². The lowest BCUT2D eigenvalue weighted by atomic mass is 9.89. The molecule has 0 unspecified atom stereocenters. The van der Waals surface area contributed by atoms with E-state index in [4.69, 9.17) is 4.74 Å². The molecule has 1 amide bonds. The van der Waals surface area contributed by atoms with E-state index in [9.17, 15) is 9.59 Å². The Balaban J connectivity index is 1.70. The van der Waals surface area contributed by atoms with Crippen LogP contribution in [0.5, 0.6) is 5.75 Å². The Labute approximate surface area is 154 Å². The first-order chi connectivity index (χ1) is 12.4. The van der Waals surface area contributed by atoms with Gasteiger partial charge < -0.3 is 15.0 Å². The molecule has 3 aromatic rings. The van der Waals surface area contributed by atoms with Gasteiger partial charge in [0.25, 0.3) is 11.5 Å². The second-order valence-electron chi connectivity index (χ2n) is 7.10. The number of aryl methyl sites for hydroxylation is 1. The van der Waals surface area contributed by atoms with E-state index < -0.39 is 0 Å². The van der Waals surface area contributed by atoms with Gasteiger partial charge in [0, 0.05) is 12.0 Å². The van der Waals surface area contributed by atoms with E-state index in [1.54, 1.807) is 6.92 Å². The number of nitrogens with one attached hydrogen (secondary N) is 2. The number of rotatable bonds is 2. The number of carbonyl (C=O) groups excluding carboxylic acids is 1. The molecule has 1 aromatic carbocycles. The number of nitrogens with zero attached hydrogens (tertiary/aromatic N) is 1. The molecule has 0 saturated heterocycles. The highest BCUT2D eigenvalue weighted by Crippen LogP contribution is 2.39. The second-order valence-corrected chi connectivity index (χ2v) is 8.10. The first-order valence-electron chi connectivity index (χ1n) is 8.41. The second kappa shape index (κ2) is 5.95. The van der Waals surface area contributed by atoms with Crippen LogP contribution in [0.25, 0.3) is 10.2 Å². The number of aromatic nitrogens is 2. The lowest BCUT2D eigenvalue weighted by Crippen LogP contribution is -2.41. The van der Waals surface area contributed by atoms with Crippen molar-refractivity contribution in [1.29, 1.82) is 0 Å². The standard InChI is InChI=1S/C19H19N3O3S/c1-10-14-16(23)20-9-21-18(14)26-15(10)17(24)22-12-8-19(2,3)25-13-7-5-4-6-11(12)13/h4-7,9,12H,8H2,1-3H3,(H,22,24)(H,20,21,23)/t12-/m0/s1. The van der Waals surface area contributed by atoms with Crippen molar-refractivity contribution in [2.45, 2.75) is 38.8 Å². The summed E-state index contributed by atoms with van der Waals surface area (Å²) in [6.07, 6.45) is 2.03. The fourth-order valence-corrected chi connectivity index (χ4v) is 4.50. The molecule has 0 saturated carbocycles. The van der Waals surface area contributed by atoms with Crippen molar-refractivity contribution in [2.24, 2.45) is 0 Å². The Morgan fingerprint density at radius 2 is 2.15 bits per heavy atom. The zero-order chi connectivity index (χ0) is 18.5. The van der Waals surface area contributed by atoms with Gasteiger partial charge in [-0.25, -0.2) is 4.98 Å². The van der Waals surface area contributed by atoms with Crippen LogP contribution in [0.2, 0.25) is 0 Å². The SMILES string of the molecule is Cc1c(C(=O)N[C@H]2CC(C)(C)Oc3ccccc32)sc2nc[nH]c(=O)c12. The summed E-state index contributed by atoms with van der Waals surface area (Å²) in [5, 5.41) is 3.60. The molecule has 2 aromatic heterocycles. The van der Waals surface area contributed by atoms with Crippen molar-refractivity contribution < 1.29 is 9.53 Å². The summed E-state index contributed by atoms with van der Waals surface area (Å²) in [4.78, 5) is 32.8. The van der Waals surface area contributed by atoms with Gasteiger partial charge in [0.1, 0.15) is 16.2 Å². The molecule has 4 rings (SSSR count). The normalized spacial score (nSPS) is 18.2. The number of aromatic amines is 1. The topological polar surface area (TPSA) is 84.1 Å². The molecule has 0 bridgehead atoms. The zero-order valence-corrected chi connectivity index (χ0v) is 15.6. The van der Waals surface area contributed by atoms with E-state index in [1.165, 1.54) is 17.7 Å². The van der Waals surface area contributed by atoms with Crippen LogP contribution in [0.4, 0.5) is 0 Å². The molecule has 26 heavy (non-hydrogen) atoms. The predicted octanol–water partition coefficient (Wildman–Crippen LogP) is 3.33. The molecule has 6 nitrogen and oxygen atoms in total. The Morgan fingerprint density at radius 3 is 2.92 bits per heavy atom. The van der Waals surface area contributed by atoms with Crippen LogP contribution < -0.4 is 15.6 Å². The lowest BCUT2D eigenvalue weighted by molar-refractivity contribution is 0.0621. The fraction of sp³-hybridized carbons (Fsp3) is 0.316. The van der Waals surface area contributed by atoms with Gasteiger partial charge in [-0.2, -0.15) is 0 Å². The first-order valence-corrected chi connectivity index (χ1v) is 9.23. The number of benzene rings is 1. The highest BCUT2D eigenvalue weighted by molar-refractivity contribution is 7.20. The van der Waals surface area contributed by atoms with E-state index in [-0.39, 0.29) is 23.1 Å². The molecule has 0 radical (unpaired) electrons. The predicted molar refractivity (Wildman–Crippen MR) is 101 cm³/mol. The molecule has 1 atom stereocenters. The number of para-hydroxylation sites is 1. The van der Waals surface area contributed by atoms with Gasteiger partial charge >= 0.3 is 0 Å². The number of hydrogen-bond donors (Lipinski definition) is 2. The van der Waals surface area contributed by atoms with Gasteiger partial charge in [-0.15, -0.1) is 11.3 Å². The van der Waals surface area contributed by atoms with E-state index in [2.05, 4.69) is 15.3 Å². The average Bonchev–Trinajstić information content (AvgIpc) is 2.92. The molecule has 134 valence electrons. The number of thiophene rings is 1. The molecule has 7 heteroatoms. The van der Waals surface area contributed by atoms with E-state index in [1.807, 2.05) is 38.1 Å². The van der Waals surface area contributed by atoms with Crippen LogP contribution in [-0.4, -0.2) is 21.5 Å². The highest BCUT2D eigenvalue weighted by Gasteiger charge is 2.35. The van der Waals surface area contributed by atoms with Crippen molar-refractivity contribution >= 4 is 27.5 Å². The Morgan fingerprint density at radius 1 is 1.38 bits per heavy atom. The Kier molecular flexibility index (Phi) is 3.84. The van der Waals surface area contributed by atoms with Gasteiger partial charge in [-0.3, -0.25) is 9.59 Å². The third kappa shape index (κ3) is 2.78. The number of H-pyrrole nitrogens is 1. The smallest absolute Gasteiger partial charge is 0.262 e. The number of fused-ring (bicyclic) bond motifs is 2. The molecule has 1 aliphatic heterocycles. The largest absolute Gasteiger partial charge is 0.487 e. The average molecular weight is 369 g/mol. The van der Waals surface area contributed by atoms with Crippen LogP contribution in [0.3, 0.4) is 0 Å². The van der Waals surface area contributed by atoms with Crippen molar-refractivity contribution in [1.82, 2.24) is 15.3 Å². The maximum atomic E-state index is 13.0. The monoisotopic (exact) mass is 369 g/mol. The molecular weight excluding hydrogens is 350 g/mol. The maximum Gasteiger partial charge on any atom is 0.262 e. The molecule has 0 fully saturated rings. The summed E-state index contributed by atoms with van der Waals surface area (Å²) < 4.78 is 6.02. The van der Waals surface area contributed by atoms with Gasteiger partial charge in [0.15, 0.2) is 0 Å². The molecular formula is C19H19N3O3S. The van der Waals surface area contributed by atoms with Crippen LogP contribution >= 0.6 is 11.3 Å². The zero-order valence-electron chi connectivity index (χ0n) is 14.8. The van der Waals surface area contributed by atoms with E-state index in [0.717, 1.165) is 11.3 Å². The summed E-state index contributed by atoms with van der Waals surface area (Å²) in [7, 11) is 0. The minimum absolute atomic E-state index is 0.154. The van der Waals surface area contributed by atoms with Crippen LogP contribution in [0.1, 0.15) is 47.1 Å². The third-order valence-corrected chi connectivity index (χ3v) is 5.82. The molecule has 3 heterocycles. The summed E-state index contributed by atoms with van der Waals surface area (Å²) in [6, 6.07) is 7.60. The molecule has 0 spiro atoms. The fourth-order valence-electron chi connectivity index (χ4n) is 3.45. The van der Waals surface area contributed by atoms with Crippen molar-refractivity contribution in [3.63, 3.8) is 0 Å². The summed E-state index contributed by atoms with van der Waals surface area (Å²) in [5.41, 5.74) is 1.03. The third-order valence-electron chi connectivity index (χ3n) is 4.62. The number of hydrogen-bond acceptors (Lipinski definition) is 5. The van der Waals surface area contributed by atoms with Gasteiger partial charge in [0.2, 0.25) is 0 Å². The van der Waals surface area contributed by atoms with Gasteiger partial charge in [-0.1, -0.05) is 18.2 Å². The Hall–Kier alpha value is -2.67. The van der Waals surface area contributed by atoms with Gasteiger partial charge in [0.05, 0.1) is 22.6 Å². The lowest BCUT2D eigenvalue weighted by Gasteiger charge is -2.37. The van der Waals surface area contributed by atoms with Crippen LogP contribution in [0.15, 0.2) is 35.4 Å². The van der Waals surface area contributed by atoms with Crippen molar-refractivity contribution in [3.05, 3.63) is 57.0 Å². The number of amides is 1. The quantitative estimate of drug-likeness (QED) is 0.726. The van der Waals surface area contributed by atoms with E-state index in [0.29, 0.717) is 27.1 Å². The molecule has 2 N–H and O–H groups in total. The highest BCUT2D eigenvalue weighted by atomic mass is 32.1. The maximum absolute atomic E-state index is 13.0. The molecule has 1 aliphatic rings. The minimum Gasteiger partial charge on any atom is -0.487 e. The van der Waals surface area contributed by atoms with Gasteiger partial charge in [-0.05, 0) is 32.4 Å². The van der Waals surface area contributed by atoms with Crippen LogP contribution in [-0.2, 0) is 0 Å². The summed E-state index contributed by atoms with van der Waals surface area (Å²) >= 11 is 1.24. The molecule has 0 aliphatic carbocycles. The van der Waals surface area contributed by atoms with Crippen molar-refractivity contribution in [3.8, 4) is 5.75 Å². The number of ether oxygens (including phenoxy) is 1. The van der Waals surface area contributed by atoms with Crippen molar-refractivity contribution in [2.75, 3.05) is 0 Å². The number of carbonyl (C=O) groups is 1. The van der Waals surface area contributed by atoms with E-state index >= 15 is 0 Å². The minimum atomic E-state index is -0.375. The summed E-state index contributed by atoms with van der Waals surface area (Å²) in [5.74, 6) is 0.600. The Bertz CT molecular complexity index is 1070.